The molecule has 55 heavy (non-hydrogen) atoms. The summed E-state index contributed by atoms with van der Waals surface area (Å²) in [6.45, 7) is 14.0. The molecule has 1 aromatic heterocycles. The third-order valence-corrected chi connectivity index (χ3v) is 10.2. The molecule has 0 radical (unpaired) electrons. The van der Waals surface area contributed by atoms with Crippen molar-refractivity contribution in [3.8, 4) is 23.0 Å². The fraction of sp³-hybridized carbons (Fsp3) is 0.512. The molecule has 14 nitrogen and oxygen atoms in total. The predicted molar refractivity (Wildman–Crippen MR) is 216 cm³/mol. The monoisotopic (exact) mass is 759 g/mol. The summed E-state index contributed by atoms with van der Waals surface area (Å²) in [5.74, 6) is 1.85. The van der Waals surface area contributed by atoms with E-state index >= 15 is 0 Å². The lowest BCUT2D eigenvalue weighted by atomic mass is 10.00. The maximum atomic E-state index is 13.6. The molecule has 0 amide bonds. The van der Waals surface area contributed by atoms with Gasteiger partial charge in [-0.05, 0) is 127 Å². The highest BCUT2D eigenvalue weighted by molar-refractivity contribution is 6.00. The summed E-state index contributed by atoms with van der Waals surface area (Å²) in [5, 5.41) is 6.95. The number of hydrogen-bond acceptors (Lipinski definition) is 14. The van der Waals surface area contributed by atoms with Crippen molar-refractivity contribution in [3.63, 3.8) is 0 Å². The number of nitrogen functional groups attached to an aromatic ring is 2. The molecule has 14 heteroatoms. The molecule has 2 saturated heterocycles. The maximum Gasteiger partial charge on any atom is 0.340 e. The van der Waals surface area contributed by atoms with Crippen molar-refractivity contribution in [1.29, 1.82) is 0 Å². The minimum atomic E-state index is -0.458. The van der Waals surface area contributed by atoms with Gasteiger partial charge in [0, 0.05) is 25.2 Å². The van der Waals surface area contributed by atoms with Crippen molar-refractivity contribution in [2.45, 2.75) is 78.6 Å². The maximum absolute atomic E-state index is 13.6. The van der Waals surface area contributed by atoms with Crippen molar-refractivity contribution in [2.24, 2.45) is 0 Å². The van der Waals surface area contributed by atoms with Crippen LogP contribution in [-0.4, -0.2) is 82.8 Å². The second kappa shape index (κ2) is 18.5. The standard InChI is InChI=1S/C41H57N7O7/c1-6-51-34-18-26(19-35(38(34)42)52-7-2)24-47(28-10-14-44-15-11-28)32-23-31-33(22-30(32)40(49)50-5)55-41(46-31)48(29-12-16-45-17-13-29)25-27-20-36(53-8-3)39(43)37(21-27)54-9-4/h18-23,28-29,44-45H,6-17,24-25,42-43H2,1-5H3. The molecule has 2 aliphatic rings. The van der Waals surface area contributed by atoms with E-state index < -0.39 is 5.97 Å². The number of benzene rings is 3. The number of ether oxygens (including phenoxy) is 5. The zero-order valence-electron chi connectivity index (χ0n) is 32.9. The Bertz CT molecular complexity index is 1850. The average Bonchev–Trinajstić information content (AvgIpc) is 3.62. The van der Waals surface area contributed by atoms with Crippen molar-refractivity contribution >= 4 is 40.1 Å². The second-order valence-corrected chi connectivity index (χ2v) is 13.8. The Hall–Kier alpha value is -5.08. The first kappa shape index (κ1) is 39.6. The molecular weight excluding hydrogens is 702 g/mol. The molecule has 6 rings (SSSR count). The van der Waals surface area contributed by atoms with Gasteiger partial charge in [0.1, 0.15) is 39.9 Å². The SMILES string of the molecule is CCOc1cc(CN(c2nc3cc(N(Cc4cc(OCC)c(N)c(OCC)c4)C4CCNCC4)c(C(=O)OC)cc3o2)C2CCNCC2)cc(OCC)c1N. The van der Waals surface area contributed by atoms with Crippen molar-refractivity contribution in [3.05, 3.63) is 53.1 Å². The summed E-state index contributed by atoms with van der Waals surface area (Å²) >= 11 is 0. The Labute approximate surface area is 323 Å². The molecule has 4 aromatic rings. The number of carbonyl (C=O) groups excluding carboxylic acids is 1. The molecule has 3 aromatic carbocycles. The highest BCUT2D eigenvalue weighted by Gasteiger charge is 2.31. The van der Waals surface area contributed by atoms with Crippen LogP contribution >= 0.6 is 0 Å². The molecular formula is C41H57N7O7. The van der Waals surface area contributed by atoms with Gasteiger partial charge in [-0.3, -0.25) is 0 Å². The lowest BCUT2D eigenvalue weighted by molar-refractivity contribution is 0.0601. The molecule has 0 atom stereocenters. The van der Waals surface area contributed by atoms with E-state index in [2.05, 4.69) is 20.4 Å². The lowest BCUT2D eigenvalue weighted by Crippen LogP contribution is -2.43. The number of esters is 1. The van der Waals surface area contributed by atoms with Crippen LogP contribution in [0.5, 0.6) is 23.0 Å². The Morgan fingerprint density at radius 1 is 0.709 bits per heavy atom. The molecule has 298 valence electrons. The zero-order valence-corrected chi connectivity index (χ0v) is 32.9. The van der Waals surface area contributed by atoms with Gasteiger partial charge in [-0.1, -0.05) is 0 Å². The summed E-state index contributed by atoms with van der Waals surface area (Å²) < 4.78 is 35.7. The fourth-order valence-electron chi connectivity index (χ4n) is 7.57. The summed E-state index contributed by atoms with van der Waals surface area (Å²) in [6.07, 6.45) is 3.57. The number of aromatic nitrogens is 1. The van der Waals surface area contributed by atoms with Crippen LogP contribution in [0.3, 0.4) is 0 Å². The number of hydrogen-bond donors (Lipinski definition) is 4. The number of fused-ring (bicyclic) bond motifs is 1. The van der Waals surface area contributed by atoms with Gasteiger partial charge in [-0.15, -0.1) is 0 Å². The van der Waals surface area contributed by atoms with E-state index in [1.165, 1.54) is 7.11 Å². The number of carbonyl (C=O) groups is 1. The Balaban J connectivity index is 1.45. The van der Waals surface area contributed by atoms with Crippen LogP contribution in [0, 0.1) is 0 Å². The van der Waals surface area contributed by atoms with Crippen LogP contribution in [0.2, 0.25) is 0 Å². The summed E-state index contributed by atoms with van der Waals surface area (Å²) in [4.78, 5) is 23.3. The normalized spacial score (nSPS) is 15.1. The quantitative estimate of drug-likeness (QED) is 0.0742. The van der Waals surface area contributed by atoms with Crippen molar-refractivity contribution in [1.82, 2.24) is 15.6 Å². The van der Waals surface area contributed by atoms with Crippen LogP contribution in [0.1, 0.15) is 74.9 Å². The van der Waals surface area contributed by atoms with Crippen LogP contribution in [0.25, 0.3) is 11.1 Å². The van der Waals surface area contributed by atoms with E-state index in [1.54, 1.807) is 6.07 Å². The van der Waals surface area contributed by atoms with E-state index in [0.29, 0.717) is 102 Å². The molecule has 2 aliphatic heterocycles. The number of anilines is 4. The fourth-order valence-corrected chi connectivity index (χ4v) is 7.57. The van der Waals surface area contributed by atoms with Gasteiger partial charge in [-0.2, -0.15) is 4.98 Å². The Morgan fingerprint density at radius 2 is 1.15 bits per heavy atom. The first-order valence-corrected chi connectivity index (χ1v) is 19.6. The predicted octanol–water partition coefficient (Wildman–Crippen LogP) is 5.89. The molecule has 0 aliphatic carbocycles. The largest absolute Gasteiger partial charge is 0.492 e. The van der Waals surface area contributed by atoms with E-state index in [9.17, 15) is 4.79 Å². The molecule has 2 fully saturated rings. The second-order valence-electron chi connectivity index (χ2n) is 13.8. The van der Waals surface area contributed by atoms with Gasteiger partial charge < -0.3 is 60.0 Å². The smallest absolute Gasteiger partial charge is 0.340 e. The topological polar surface area (TPSA) is 172 Å². The number of nitrogens with zero attached hydrogens (tertiary/aromatic N) is 3. The minimum Gasteiger partial charge on any atom is -0.492 e. The molecule has 3 heterocycles. The third kappa shape index (κ3) is 9.08. The first-order valence-electron chi connectivity index (χ1n) is 19.6. The summed E-state index contributed by atoms with van der Waals surface area (Å²) in [5.41, 5.74) is 18.0. The van der Waals surface area contributed by atoms with Gasteiger partial charge in [-0.25, -0.2) is 4.79 Å². The van der Waals surface area contributed by atoms with Crippen molar-refractivity contribution in [2.75, 3.05) is 81.0 Å². The highest BCUT2D eigenvalue weighted by Crippen LogP contribution is 2.39. The van der Waals surface area contributed by atoms with Crippen LogP contribution < -0.4 is 50.8 Å². The molecule has 6 N–H and O–H groups in total. The Morgan fingerprint density at radius 3 is 1.58 bits per heavy atom. The Kier molecular flexibility index (Phi) is 13.3. The number of nitrogens with two attached hydrogens (primary N) is 2. The highest BCUT2D eigenvalue weighted by atomic mass is 16.5. The first-order chi connectivity index (χ1) is 26.8. The van der Waals surface area contributed by atoms with Gasteiger partial charge >= 0.3 is 5.97 Å². The van der Waals surface area contributed by atoms with E-state index in [0.717, 1.165) is 63.0 Å². The van der Waals surface area contributed by atoms with Crippen LogP contribution in [-0.2, 0) is 17.8 Å². The van der Waals surface area contributed by atoms with Gasteiger partial charge in [0.2, 0.25) is 0 Å². The molecule has 0 bridgehead atoms. The molecule has 0 unspecified atom stereocenters. The number of piperidine rings is 2. The minimum absolute atomic E-state index is 0.118. The number of methoxy groups -OCH3 is 1. The third-order valence-electron chi connectivity index (χ3n) is 10.2. The van der Waals surface area contributed by atoms with Crippen molar-refractivity contribution < 1.29 is 32.9 Å². The van der Waals surface area contributed by atoms with Gasteiger partial charge in [0.25, 0.3) is 6.01 Å². The lowest BCUT2D eigenvalue weighted by Gasteiger charge is -2.37. The average molecular weight is 760 g/mol. The van der Waals surface area contributed by atoms with Gasteiger partial charge in [0.05, 0.1) is 44.8 Å². The number of oxazole rings is 1. The van der Waals surface area contributed by atoms with Crippen LogP contribution in [0.4, 0.5) is 23.1 Å². The van der Waals surface area contributed by atoms with E-state index in [-0.39, 0.29) is 12.1 Å². The molecule has 0 spiro atoms. The van der Waals surface area contributed by atoms with Crippen LogP contribution in [0.15, 0.2) is 40.8 Å². The molecule has 0 saturated carbocycles. The zero-order chi connectivity index (χ0) is 38.9. The van der Waals surface area contributed by atoms with Gasteiger partial charge in [0.15, 0.2) is 5.58 Å². The summed E-state index contributed by atoms with van der Waals surface area (Å²) in [7, 11) is 1.40. The van der Waals surface area contributed by atoms with E-state index in [4.69, 9.17) is 44.6 Å². The number of nitrogens with one attached hydrogen (secondary N) is 2. The summed E-state index contributed by atoms with van der Waals surface area (Å²) in [6, 6.07) is 12.3. The number of rotatable bonds is 17. The van der Waals surface area contributed by atoms with E-state index in [1.807, 2.05) is 58.0 Å².